The third-order valence-electron chi connectivity index (χ3n) is 9.21. The summed E-state index contributed by atoms with van der Waals surface area (Å²) in [4.78, 5) is 59.3. The molecule has 0 aliphatic carbocycles. The van der Waals surface area contributed by atoms with Crippen molar-refractivity contribution < 1.29 is 24.3 Å². The van der Waals surface area contributed by atoms with Crippen LogP contribution in [0.1, 0.15) is 59.5 Å². The van der Waals surface area contributed by atoms with Gasteiger partial charge in [0.25, 0.3) is 5.91 Å². The number of nitrogens with two attached hydrogens (primary N) is 1. The van der Waals surface area contributed by atoms with Crippen LogP contribution >= 0.6 is 0 Å². The van der Waals surface area contributed by atoms with Gasteiger partial charge in [0.15, 0.2) is 0 Å². The lowest BCUT2D eigenvalue weighted by molar-refractivity contribution is -0.138. The van der Waals surface area contributed by atoms with E-state index < -0.39 is 42.5 Å². The smallest absolute Gasteiger partial charge is 0.251 e. The zero-order valence-electron chi connectivity index (χ0n) is 27.6. The van der Waals surface area contributed by atoms with E-state index in [1.165, 1.54) is 5.56 Å². The quantitative estimate of drug-likeness (QED) is 0.107. The van der Waals surface area contributed by atoms with Crippen LogP contribution in [0, 0.1) is 0 Å². The zero-order chi connectivity index (χ0) is 34.6. The fourth-order valence-corrected chi connectivity index (χ4v) is 6.43. The standard InChI is InChI=1S/C38H46N6O5/c39-20-10-9-17-32(41-37(48)34(25-45)43-35(46)28-13-5-2-6-14-28)36(47)42-33(23-29-24-40-31-16-8-7-15-30(29)31)38(49)44-21-18-27(19-22-44)26-11-3-1-4-12-26/h1-8,11-16,24,27,32-34,40,45H,9-10,17-23,25,39H2,(H,41,48)(H,42,47)(H,43,46)/t32-,33+,34-/m1/s1. The largest absolute Gasteiger partial charge is 0.394 e. The minimum atomic E-state index is -1.29. The summed E-state index contributed by atoms with van der Waals surface area (Å²) >= 11 is 0. The molecule has 0 bridgehead atoms. The predicted molar refractivity (Wildman–Crippen MR) is 189 cm³/mol. The van der Waals surface area contributed by atoms with Gasteiger partial charge in [-0.25, -0.2) is 0 Å². The number of nitrogens with zero attached hydrogens (tertiary/aromatic N) is 1. The molecule has 11 nitrogen and oxygen atoms in total. The summed E-state index contributed by atoms with van der Waals surface area (Å²) in [5, 5.41) is 19.2. The molecule has 0 spiro atoms. The van der Waals surface area contributed by atoms with Crippen molar-refractivity contribution in [1.29, 1.82) is 0 Å². The molecule has 1 aliphatic rings. The molecule has 0 radical (unpaired) electrons. The number of benzene rings is 3. The first-order valence-electron chi connectivity index (χ1n) is 17.0. The summed E-state index contributed by atoms with van der Waals surface area (Å²) in [7, 11) is 0. The zero-order valence-corrected chi connectivity index (χ0v) is 27.6. The molecule has 3 aromatic carbocycles. The van der Waals surface area contributed by atoms with Crippen molar-refractivity contribution in [1.82, 2.24) is 25.8 Å². The Bertz CT molecular complexity index is 1690. The van der Waals surface area contributed by atoms with Crippen LogP contribution in [0.25, 0.3) is 10.9 Å². The number of amides is 4. The van der Waals surface area contributed by atoms with Crippen molar-refractivity contribution in [2.24, 2.45) is 5.73 Å². The fourth-order valence-electron chi connectivity index (χ4n) is 6.43. The van der Waals surface area contributed by atoms with Crippen molar-refractivity contribution in [3.63, 3.8) is 0 Å². The number of carbonyl (C=O) groups excluding carboxylic acids is 4. The van der Waals surface area contributed by atoms with E-state index in [0.29, 0.717) is 44.0 Å². The number of aliphatic hydroxyl groups excluding tert-OH is 1. The average molecular weight is 667 g/mol. The van der Waals surface area contributed by atoms with Crippen LogP contribution < -0.4 is 21.7 Å². The number of aliphatic hydroxyl groups is 1. The molecule has 258 valence electrons. The first kappa shape index (κ1) is 35.3. The van der Waals surface area contributed by atoms with E-state index in [0.717, 1.165) is 29.3 Å². The van der Waals surface area contributed by atoms with Gasteiger partial charge in [-0.05, 0) is 73.9 Å². The number of para-hydroxylation sites is 1. The van der Waals surface area contributed by atoms with E-state index in [2.05, 4.69) is 33.1 Å². The minimum Gasteiger partial charge on any atom is -0.394 e. The number of hydrogen-bond acceptors (Lipinski definition) is 6. The predicted octanol–water partition coefficient (Wildman–Crippen LogP) is 3.01. The summed E-state index contributed by atoms with van der Waals surface area (Å²) in [5.41, 5.74) is 9.13. The highest BCUT2D eigenvalue weighted by Crippen LogP contribution is 2.28. The van der Waals surface area contributed by atoms with Crippen LogP contribution in [0.15, 0.2) is 91.1 Å². The molecule has 11 heteroatoms. The number of likely N-dealkylation sites (tertiary alicyclic amines) is 1. The van der Waals surface area contributed by atoms with Crippen LogP contribution in [0.2, 0.25) is 0 Å². The maximum absolute atomic E-state index is 14.2. The molecule has 1 aromatic heterocycles. The number of unbranched alkanes of at least 4 members (excludes halogenated alkanes) is 1. The van der Waals surface area contributed by atoms with Gasteiger partial charge in [0.05, 0.1) is 6.61 Å². The number of fused-ring (bicyclic) bond motifs is 1. The highest BCUT2D eigenvalue weighted by molar-refractivity contribution is 5.99. The molecular weight excluding hydrogens is 620 g/mol. The molecule has 0 unspecified atom stereocenters. The van der Waals surface area contributed by atoms with Gasteiger partial charge in [0.1, 0.15) is 18.1 Å². The van der Waals surface area contributed by atoms with Crippen LogP contribution in [0.5, 0.6) is 0 Å². The molecule has 2 heterocycles. The fraction of sp³-hybridized carbons (Fsp3) is 0.368. The van der Waals surface area contributed by atoms with Gasteiger partial charge in [-0.1, -0.05) is 66.7 Å². The summed E-state index contributed by atoms with van der Waals surface area (Å²) < 4.78 is 0. The van der Waals surface area contributed by atoms with Gasteiger partial charge in [-0.2, -0.15) is 0 Å². The van der Waals surface area contributed by atoms with Crippen LogP contribution in [-0.4, -0.2) is 83.0 Å². The number of rotatable bonds is 15. The molecule has 1 aliphatic heterocycles. The molecule has 4 aromatic rings. The topological polar surface area (TPSA) is 170 Å². The van der Waals surface area contributed by atoms with Gasteiger partial charge < -0.3 is 36.7 Å². The summed E-state index contributed by atoms with van der Waals surface area (Å²) in [6.45, 7) is 0.876. The molecule has 7 N–H and O–H groups in total. The minimum absolute atomic E-state index is 0.180. The number of aromatic amines is 1. The molecule has 1 fully saturated rings. The van der Waals surface area contributed by atoms with E-state index in [4.69, 9.17) is 5.73 Å². The number of H-pyrrole nitrogens is 1. The number of aromatic nitrogens is 1. The first-order valence-corrected chi connectivity index (χ1v) is 17.0. The summed E-state index contributed by atoms with van der Waals surface area (Å²) in [6, 6.07) is 23.2. The SMILES string of the molecule is NCCCC[C@@H](NC(=O)[C@@H](CO)NC(=O)c1ccccc1)C(=O)N[C@@H](Cc1c[nH]c2ccccc12)C(=O)N1CCC(c2ccccc2)CC1. The average Bonchev–Trinajstić information content (AvgIpc) is 3.56. The Labute approximate surface area is 286 Å². The second kappa shape index (κ2) is 17.4. The van der Waals surface area contributed by atoms with Gasteiger partial charge in [-0.3, -0.25) is 19.2 Å². The van der Waals surface area contributed by atoms with Crippen LogP contribution in [0.4, 0.5) is 0 Å². The third-order valence-corrected chi connectivity index (χ3v) is 9.21. The summed E-state index contributed by atoms with van der Waals surface area (Å²) in [6.07, 6.45) is 5.18. The highest BCUT2D eigenvalue weighted by Gasteiger charge is 2.33. The third kappa shape index (κ3) is 9.33. The lowest BCUT2D eigenvalue weighted by Gasteiger charge is -2.35. The van der Waals surface area contributed by atoms with Crippen molar-refractivity contribution >= 4 is 34.5 Å². The molecule has 3 atom stereocenters. The highest BCUT2D eigenvalue weighted by atomic mass is 16.3. The Kier molecular flexibility index (Phi) is 12.5. The van der Waals surface area contributed by atoms with E-state index in [1.54, 1.807) is 30.3 Å². The van der Waals surface area contributed by atoms with Crippen molar-refractivity contribution in [3.8, 4) is 0 Å². The second-order valence-corrected chi connectivity index (χ2v) is 12.6. The van der Waals surface area contributed by atoms with Crippen molar-refractivity contribution in [2.75, 3.05) is 26.2 Å². The Hall–Kier alpha value is -5.00. The normalized spacial score (nSPS) is 15.3. The maximum atomic E-state index is 14.2. The molecule has 1 saturated heterocycles. The van der Waals surface area contributed by atoms with E-state index in [1.807, 2.05) is 53.6 Å². The van der Waals surface area contributed by atoms with Crippen molar-refractivity contribution in [3.05, 3.63) is 108 Å². The van der Waals surface area contributed by atoms with Gasteiger partial charge in [0, 0.05) is 42.2 Å². The van der Waals surface area contributed by atoms with Gasteiger partial charge in [0.2, 0.25) is 17.7 Å². The molecular formula is C38H46N6O5. The van der Waals surface area contributed by atoms with E-state index >= 15 is 0 Å². The Morgan fingerprint density at radius 3 is 2.12 bits per heavy atom. The van der Waals surface area contributed by atoms with Crippen LogP contribution in [0.3, 0.4) is 0 Å². The Morgan fingerprint density at radius 1 is 0.796 bits per heavy atom. The number of piperidine rings is 1. The lowest BCUT2D eigenvalue weighted by atomic mass is 9.89. The second-order valence-electron chi connectivity index (χ2n) is 12.6. The number of carbonyl (C=O) groups is 4. The number of hydrogen-bond donors (Lipinski definition) is 6. The Balaban J connectivity index is 1.32. The monoisotopic (exact) mass is 666 g/mol. The maximum Gasteiger partial charge on any atom is 0.251 e. The van der Waals surface area contributed by atoms with Crippen LogP contribution in [-0.2, 0) is 20.8 Å². The van der Waals surface area contributed by atoms with E-state index in [-0.39, 0.29) is 18.7 Å². The lowest BCUT2D eigenvalue weighted by Crippen LogP contribution is -2.58. The molecule has 4 amide bonds. The van der Waals surface area contributed by atoms with Crippen molar-refractivity contribution in [2.45, 2.75) is 62.6 Å². The van der Waals surface area contributed by atoms with Gasteiger partial charge >= 0.3 is 0 Å². The van der Waals surface area contributed by atoms with E-state index in [9.17, 15) is 24.3 Å². The summed E-state index contributed by atoms with van der Waals surface area (Å²) in [5.74, 6) is -1.58. The first-order chi connectivity index (χ1) is 23.9. The van der Waals surface area contributed by atoms with Gasteiger partial charge in [-0.15, -0.1) is 0 Å². The molecule has 5 rings (SSSR count). The molecule has 0 saturated carbocycles. The number of nitrogens with one attached hydrogen (secondary N) is 4. The molecule has 49 heavy (non-hydrogen) atoms. The Morgan fingerprint density at radius 2 is 1.43 bits per heavy atom.